The van der Waals surface area contributed by atoms with Crippen LogP contribution in [-0.2, 0) is 0 Å². The minimum atomic E-state index is 0.574. The highest BCUT2D eigenvalue weighted by molar-refractivity contribution is 6.30. The highest BCUT2D eigenvalue weighted by Crippen LogP contribution is 2.21. The van der Waals surface area contributed by atoms with Crippen LogP contribution in [0.4, 0.5) is 5.69 Å². The fourth-order valence-electron chi connectivity index (χ4n) is 2.35. The van der Waals surface area contributed by atoms with Crippen LogP contribution in [0.1, 0.15) is 6.92 Å². The van der Waals surface area contributed by atoms with E-state index >= 15 is 0 Å². The molecule has 18 heavy (non-hydrogen) atoms. The van der Waals surface area contributed by atoms with Crippen molar-refractivity contribution in [3.63, 3.8) is 0 Å². The number of piperazine rings is 1. The molecule has 0 spiro atoms. The molecule has 2 nitrogen and oxygen atoms in total. The molecule has 1 aliphatic heterocycles. The molecule has 2 rings (SSSR count). The van der Waals surface area contributed by atoms with Gasteiger partial charge in [-0.2, -0.15) is 0 Å². The molecule has 0 saturated carbocycles. The quantitative estimate of drug-likeness (QED) is 0.784. The monoisotopic (exact) mass is 286 g/mol. The van der Waals surface area contributed by atoms with E-state index in [0.29, 0.717) is 5.92 Å². The smallest absolute Gasteiger partial charge is 0.0426 e. The first-order valence-electron chi connectivity index (χ1n) is 6.48. The van der Waals surface area contributed by atoms with Crippen LogP contribution in [0.15, 0.2) is 24.3 Å². The van der Waals surface area contributed by atoms with Crippen molar-refractivity contribution in [1.82, 2.24) is 4.90 Å². The van der Waals surface area contributed by atoms with Crippen LogP contribution < -0.4 is 4.90 Å². The molecule has 0 aromatic heterocycles. The average molecular weight is 287 g/mol. The van der Waals surface area contributed by atoms with Crippen molar-refractivity contribution in [3.05, 3.63) is 29.3 Å². The van der Waals surface area contributed by atoms with E-state index in [0.717, 1.165) is 43.6 Å². The van der Waals surface area contributed by atoms with E-state index in [1.54, 1.807) is 0 Å². The summed E-state index contributed by atoms with van der Waals surface area (Å²) in [5.41, 5.74) is 1.23. The van der Waals surface area contributed by atoms with Gasteiger partial charge in [-0.25, -0.2) is 0 Å². The summed E-state index contributed by atoms with van der Waals surface area (Å²) in [5, 5.41) is 0.811. The maximum absolute atomic E-state index is 6.03. The molecule has 0 radical (unpaired) electrons. The van der Waals surface area contributed by atoms with Crippen molar-refractivity contribution in [2.24, 2.45) is 5.92 Å². The molecule has 0 aliphatic carbocycles. The van der Waals surface area contributed by atoms with E-state index in [-0.39, 0.29) is 0 Å². The standard InChI is InChI=1S/C14H20Cl2N2/c1-12(10-15)11-17-5-7-18(8-6-17)14-4-2-3-13(16)9-14/h2-4,9,12H,5-8,10-11H2,1H3. The van der Waals surface area contributed by atoms with Gasteiger partial charge in [-0.1, -0.05) is 24.6 Å². The summed E-state index contributed by atoms with van der Waals surface area (Å²) in [6.07, 6.45) is 0. The maximum Gasteiger partial charge on any atom is 0.0426 e. The second-order valence-corrected chi connectivity index (χ2v) is 5.77. The lowest BCUT2D eigenvalue weighted by atomic mass is 10.2. The van der Waals surface area contributed by atoms with Crippen molar-refractivity contribution >= 4 is 28.9 Å². The SMILES string of the molecule is CC(CCl)CN1CCN(c2cccc(Cl)c2)CC1. The van der Waals surface area contributed by atoms with E-state index in [1.165, 1.54) is 5.69 Å². The van der Waals surface area contributed by atoms with Crippen molar-refractivity contribution in [3.8, 4) is 0 Å². The Morgan fingerprint density at radius 2 is 1.94 bits per heavy atom. The van der Waals surface area contributed by atoms with Gasteiger partial charge >= 0.3 is 0 Å². The van der Waals surface area contributed by atoms with Gasteiger partial charge in [-0.05, 0) is 24.1 Å². The van der Waals surface area contributed by atoms with Crippen molar-refractivity contribution in [1.29, 1.82) is 0 Å². The average Bonchev–Trinajstić information content (AvgIpc) is 2.39. The van der Waals surface area contributed by atoms with Gasteiger partial charge in [0.15, 0.2) is 0 Å². The molecule has 1 atom stereocenters. The molecular formula is C14H20Cl2N2. The molecule has 1 aromatic carbocycles. The number of nitrogens with zero attached hydrogens (tertiary/aromatic N) is 2. The number of hydrogen-bond acceptors (Lipinski definition) is 2. The van der Waals surface area contributed by atoms with E-state index in [9.17, 15) is 0 Å². The summed E-state index contributed by atoms with van der Waals surface area (Å²) in [5.74, 6) is 1.32. The molecule has 0 amide bonds. The van der Waals surface area contributed by atoms with E-state index in [4.69, 9.17) is 23.2 Å². The predicted octanol–water partition coefficient (Wildman–Crippen LogP) is 3.34. The maximum atomic E-state index is 6.03. The van der Waals surface area contributed by atoms with E-state index in [1.807, 2.05) is 18.2 Å². The van der Waals surface area contributed by atoms with Crippen LogP contribution in [-0.4, -0.2) is 43.5 Å². The summed E-state index contributed by atoms with van der Waals surface area (Å²) in [6, 6.07) is 8.10. The second kappa shape index (κ2) is 6.65. The molecule has 100 valence electrons. The molecule has 1 aliphatic rings. The Hall–Kier alpha value is -0.440. The minimum Gasteiger partial charge on any atom is -0.369 e. The van der Waals surface area contributed by atoms with Gasteiger partial charge in [0.2, 0.25) is 0 Å². The molecule has 1 aromatic rings. The lowest BCUT2D eigenvalue weighted by Gasteiger charge is -2.37. The first-order valence-corrected chi connectivity index (χ1v) is 7.39. The molecule has 1 heterocycles. The van der Waals surface area contributed by atoms with Crippen LogP contribution in [0.3, 0.4) is 0 Å². The number of rotatable bonds is 4. The molecule has 1 saturated heterocycles. The molecular weight excluding hydrogens is 267 g/mol. The minimum absolute atomic E-state index is 0.574. The van der Waals surface area contributed by atoms with E-state index in [2.05, 4.69) is 22.8 Å². The zero-order valence-electron chi connectivity index (χ0n) is 10.8. The third-order valence-electron chi connectivity index (χ3n) is 3.38. The Morgan fingerprint density at radius 3 is 2.56 bits per heavy atom. The Bertz CT molecular complexity index is 376. The van der Waals surface area contributed by atoms with Gasteiger partial charge in [0, 0.05) is 49.3 Å². The Morgan fingerprint density at radius 1 is 1.22 bits per heavy atom. The summed E-state index contributed by atoms with van der Waals surface area (Å²) < 4.78 is 0. The van der Waals surface area contributed by atoms with Crippen LogP contribution in [0.2, 0.25) is 5.02 Å². The van der Waals surface area contributed by atoms with Crippen LogP contribution in [0.5, 0.6) is 0 Å². The third-order valence-corrected chi connectivity index (χ3v) is 4.14. The van der Waals surface area contributed by atoms with Crippen molar-refractivity contribution < 1.29 is 0 Å². The van der Waals surface area contributed by atoms with Crippen LogP contribution >= 0.6 is 23.2 Å². The summed E-state index contributed by atoms with van der Waals surface area (Å²) in [4.78, 5) is 4.89. The number of halogens is 2. The normalized spacial score (nSPS) is 18.9. The number of anilines is 1. The molecule has 0 N–H and O–H groups in total. The summed E-state index contributed by atoms with van der Waals surface area (Å²) in [7, 11) is 0. The van der Waals surface area contributed by atoms with Gasteiger partial charge in [0.1, 0.15) is 0 Å². The zero-order valence-corrected chi connectivity index (χ0v) is 12.3. The second-order valence-electron chi connectivity index (χ2n) is 5.03. The van der Waals surface area contributed by atoms with Gasteiger partial charge in [-0.15, -0.1) is 11.6 Å². The fraction of sp³-hybridized carbons (Fsp3) is 0.571. The lowest BCUT2D eigenvalue weighted by Crippen LogP contribution is -2.47. The fourth-order valence-corrected chi connectivity index (χ4v) is 2.63. The Balaban J connectivity index is 1.87. The number of hydrogen-bond donors (Lipinski definition) is 0. The van der Waals surface area contributed by atoms with Crippen LogP contribution in [0, 0.1) is 5.92 Å². The first kappa shape index (κ1) is 14.0. The third kappa shape index (κ3) is 3.78. The highest BCUT2D eigenvalue weighted by atomic mass is 35.5. The highest BCUT2D eigenvalue weighted by Gasteiger charge is 2.18. The predicted molar refractivity (Wildman–Crippen MR) is 80.0 cm³/mol. The van der Waals surface area contributed by atoms with Gasteiger partial charge < -0.3 is 4.90 Å². The van der Waals surface area contributed by atoms with Gasteiger partial charge in [0.05, 0.1) is 0 Å². The van der Waals surface area contributed by atoms with Gasteiger partial charge in [-0.3, -0.25) is 4.90 Å². The lowest BCUT2D eigenvalue weighted by molar-refractivity contribution is 0.232. The summed E-state index contributed by atoms with van der Waals surface area (Å²) in [6.45, 7) is 7.65. The molecule has 4 heteroatoms. The molecule has 1 unspecified atom stereocenters. The van der Waals surface area contributed by atoms with E-state index < -0.39 is 0 Å². The molecule has 0 bridgehead atoms. The van der Waals surface area contributed by atoms with Gasteiger partial charge in [0.25, 0.3) is 0 Å². The van der Waals surface area contributed by atoms with Crippen LogP contribution in [0.25, 0.3) is 0 Å². The number of benzene rings is 1. The molecule has 1 fully saturated rings. The topological polar surface area (TPSA) is 6.48 Å². The largest absolute Gasteiger partial charge is 0.369 e. The van der Waals surface area contributed by atoms with Crippen molar-refractivity contribution in [2.75, 3.05) is 43.5 Å². The van der Waals surface area contributed by atoms with Crippen molar-refractivity contribution in [2.45, 2.75) is 6.92 Å². The first-order chi connectivity index (χ1) is 8.69. The Kier molecular flexibility index (Phi) is 5.16. The zero-order chi connectivity index (χ0) is 13.0. The Labute approximate surface area is 119 Å². The number of alkyl halides is 1. The summed E-state index contributed by atoms with van der Waals surface area (Å²) >= 11 is 11.9.